The van der Waals surface area contributed by atoms with E-state index in [1.807, 2.05) is 29.6 Å². The Morgan fingerprint density at radius 1 is 1.22 bits per heavy atom. The first kappa shape index (κ1) is 21.4. The molecule has 0 aliphatic heterocycles. The van der Waals surface area contributed by atoms with Crippen LogP contribution in [-0.2, 0) is 19.6 Å². The van der Waals surface area contributed by atoms with Gasteiger partial charge in [0.15, 0.2) is 5.65 Å². The van der Waals surface area contributed by atoms with Crippen molar-refractivity contribution in [1.82, 2.24) is 29.3 Å². The van der Waals surface area contributed by atoms with Crippen LogP contribution in [0.5, 0.6) is 0 Å². The molecule has 0 unspecified atom stereocenters. The zero-order valence-electron chi connectivity index (χ0n) is 18.2. The van der Waals surface area contributed by atoms with Crippen LogP contribution in [0.25, 0.3) is 11.0 Å². The van der Waals surface area contributed by atoms with Crippen LogP contribution >= 0.6 is 0 Å². The van der Waals surface area contributed by atoms with Crippen LogP contribution in [0, 0.1) is 12.7 Å². The van der Waals surface area contributed by atoms with Crippen molar-refractivity contribution in [2.75, 3.05) is 11.9 Å². The number of hydrogen-bond acceptors (Lipinski definition) is 6. The number of rotatable bonds is 7. The summed E-state index contributed by atoms with van der Waals surface area (Å²) in [5.74, 6) is -0.119. The minimum Gasteiger partial charge on any atom is -0.338 e. The molecule has 0 saturated carbocycles. The fourth-order valence-electron chi connectivity index (χ4n) is 3.60. The van der Waals surface area contributed by atoms with E-state index in [-0.39, 0.29) is 23.1 Å². The molecule has 3 heterocycles. The van der Waals surface area contributed by atoms with Crippen LogP contribution in [0.1, 0.15) is 30.3 Å². The van der Waals surface area contributed by atoms with Crippen molar-refractivity contribution < 1.29 is 4.39 Å². The van der Waals surface area contributed by atoms with Gasteiger partial charge in [-0.3, -0.25) is 19.0 Å². The van der Waals surface area contributed by atoms with E-state index in [0.29, 0.717) is 12.5 Å². The average molecular weight is 437 g/mol. The van der Waals surface area contributed by atoms with Crippen molar-refractivity contribution in [3.63, 3.8) is 0 Å². The highest BCUT2D eigenvalue weighted by Crippen LogP contribution is 2.14. The molecule has 9 nitrogen and oxygen atoms in total. The predicted molar refractivity (Wildman–Crippen MR) is 119 cm³/mol. The van der Waals surface area contributed by atoms with Crippen molar-refractivity contribution in [3.8, 4) is 0 Å². The third-order valence-corrected chi connectivity index (χ3v) is 5.17. The molecule has 0 atom stereocenters. The summed E-state index contributed by atoms with van der Waals surface area (Å²) in [6, 6.07) is 8.03. The summed E-state index contributed by atoms with van der Waals surface area (Å²) < 4.78 is 16.9. The zero-order valence-corrected chi connectivity index (χ0v) is 18.2. The van der Waals surface area contributed by atoms with E-state index in [9.17, 15) is 14.0 Å². The molecule has 0 spiro atoms. The molecule has 0 aliphatic carbocycles. The molecule has 3 aromatic heterocycles. The van der Waals surface area contributed by atoms with Gasteiger partial charge in [0.25, 0.3) is 5.56 Å². The van der Waals surface area contributed by atoms with Crippen molar-refractivity contribution in [2.45, 2.75) is 39.9 Å². The van der Waals surface area contributed by atoms with E-state index in [1.54, 1.807) is 12.1 Å². The predicted octanol–water partition coefficient (Wildman–Crippen LogP) is 2.22. The minimum absolute atomic E-state index is 0.139. The topological polar surface area (TPSA) is 102 Å². The molecule has 1 aromatic carbocycles. The van der Waals surface area contributed by atoms with Gasteiger partial charge in [-0.1, -0.05) is 25.1 Å². The number of fused-ring (bicyclic) bond motifs is 1. The van der Waals surface area contributed by atoms with Crippen LogP contribution in [-0.4, -0.2) is 36.3 Å². The van der Waals surface area contributed by atoms with E-state index in [4.69, 9.17) is 0 Å². The third kappa shape index (κ3) is 4.16. The number of aromatic nitrogens is 6. The Hall–Kier alpha value is -3.82. The van der Waals surface area contributed by atoms with Gasteiger partial charge in [0.05, 0.1) is 24.5 Å². The minimum atomic E-state index is -0.658. The standard InChI is InChI=1S/C22H24FN7O2/c1-4-9-30-16(10-14(2)27-30)13-28(3)21-24-11-17-19(25-21)26-22(32)29(20(17)31)12-15-7-5-6-8-18(15)23/h5-8,10-11H,4,9,12-13H2,1-3H3,(H,24,25,26,32). The highest BCUT2D eigenvalue weighted by Gasteiger charge is 2.15. The largest absolute Gasteiger partial charge is 0.338 e. The van der Waals surface area contributed by atoms with E-state index < -0.39 is 17.1 Å². The average Bonchev–Trinajstić information content (AvgIpc) is 3.10. The number of benzene rings is 1. The first-order chi connectivity index (χ1) is 15.4. The summed E-state index contributed by atoms with van der Waals surface area (Å²) in [4.78, 5) is 38.6. The zero-order chi connectivity index (χ0) is 22.8. The van der Waals surface area contributed by atoms with Gasteiger partial charge in [-0.2, -0.15) is 10.1 Å². The fraction of sp³-hybridized carbons (Fsp3) is 0.318. The van der Waals surface area contributed by atoms with E-state index in [1.165, 1.54) is 18.3 Å². The third-order valence-electron chi connectivity index (χ3n) is 5.17. The van der Waals surface area contributed by atoms with Crippen LogP contribution in [0.3, 0.4) is 0 Å². The maximum atomic E-state index is 14.0. The summed E-state index contributed by atoms with van der Waals surface area (Å²) in [5.41, 5.74) is 1.11. The van der Waals surface area contributed by atoms with E-state index >= 15 is 0 Å². The second kappa shape index (κ2) is 8.74. The van der Waals surface area contributed by atoms with Gasteiger partial charge < -0.3 is 4.90 Å². The smallest absolute Gasteiger partial charge is 0.330 e. The maximum Gasteiger partial charge on any atom is 0.330 e. The fourth-order valence-corrected chi connectivity index (χ4v) is 3.60. The van der Waals surface area contributed by atoms with Gasteiger partial charge in [0, 0.05) is 25.4 Å². The summed E-state index contributed by atoms with van der Waals surface area (Å²) >= 11 is 0. The number of nitrogens with one attached hydrogen (secondary N) is 1. The van der Waals surface area contributed by atoms with Crippen molar-refractivity contribution in [1.29, 1.82) is 0 Å². The number of nitrogens with zero attached hydrogens (tertiary/aromatic N) is 6. The molecule has 0 amide bonds. The van der Waals surface area contributed by atoms with Crippen LogP contribution < -0.4 is 16.1 Å². The molecule has 4 aromatic rings. The Bertz CT molecular complexity index is 1390. The van der Waals surface area contributed by atoms with Crippen LogP contribution in [0.4, 0.5) is 10.3 Å². The first-order valence-electron chi connectivity index (χ1n) is 10.3. The number of anilines is 1. The molecule has 0 bridgehead atoms. The molecule has 0 radical (unpaired) electrons. The quantitative estimate of drug-likeness (QED) is 0.476. The maximum absolute atomic E-state index is 14.0. The number of aromatic amines is 1. The Balaban J connectivity index is 1.66. The van der Waals surface area contributed by atoms with Gasteiger partial charge in [-0.05, 0) is 25.5 Å². The van der Waals surface area contributed by atoms with Gasteiger partial charge >= 0.3 is 5.69 Å². The number of H-pyrrole nitrogens is 1. The van der Waals surface area contributed by atoms with Gasteiger partial charge in [0.1, 0.15) is 11.2 Å². The summed E-state index contributed by atoms with van der Waals surface area (Å²) in [7, 11) is 1.83. The molecule has 0 saturated heterocycles. The normalized spacial score (nSPS) is 11.2. The SMILES string of the molecule is CCCn1nc(C)cc1CN(C)c1ncc2c(=O)n(Cc3ccccc3F)c(=O)[nH]c2n1. The van der Waals surface area contributed by atoms with Gasteiger partial charge in [0.2, 0.25) is 5.95 Å². The Morgan fingerprint density at radius 2 is 2.00 bits per heavy atom. The second-order valence-electron chi connectivity index (χ2n) is 7.70. The number of hydrogen-bond donors (Lipinski definition) is 1. The Labute approximate surface area is 183 Å². The first-order valence-corrected chi connectivity index (χ1v) is 10.3. The van der Waals surface area contributed by atoms with E-state index in [2.05, 4.69) is 27.0 Å². The molecule has 4 rings (SSSR count). The van der Waals surface area contributed by atoms with Gasteiger partial charge in [-0.15, -0.1) is 0 Å². The van der Waals surface area contributed by atoms with Crippen LogP contribution in [0.2, 0.25) is 0 Å². The highest BCUT2D eigenvalue weighted by atomic mass is 19.1. The van der Waals surface area contributed by atoms with Crippen molar-refractivity contribution in [2.24, 2.45) is 0 Å². The molecule has 166 valence electrons. The summed E-state index contributed by atoms with van der Waals surface area (Å²) in [5, 5.41) is 4.66. The van der Waals surface area contributed by atoms with Crippen molar-refractivity contribution >= 4 is 17.0 Å². The molecular formula is C22H24FN7O2. The lowest BCUT2D eigenvalue weighted by molar-refractivity contribution is 0.567. The molecular weight excluding hydrogens is 413 g/mol. The lowest BCUT2D eigenvalue weighted by Crippen LogP contribution is -2.36. The highest BCUT2D eigenvalue weighted by molar-refractivity contribution is 5.73. The monoisotopic (exact) mass is 437 g/mol. The Kier molecular flexibility index (Phi) is 5.85. The van der Waals surface area contributed by atoms with E-state index in [0.717, 1.165) is 28.9 Å². The van der Waals surface area contributed by atoms with Crippen molar-refractivity contribution in [3.05, 3.63) is 80.1 Å². The molecule has 1 N–H and O–H groups in total. The molecule has 10 heteroatoms. The Morgan fingerprint density at radius 3 is 2.75 bits per heavy atom. The number of halogens is 1. The summed E-state index contributed by atoms with van der Waals surface area (Å²) in [6.45, 7) is 5.18. The summed E-state index contributed by atoms with van der Waals surface area (Å²) in [6.07, 6.45) is 2.35. The molecule has 0 fully saturated rings. The number of aryl methyl sites for hydroxylation is 2. The lowest BCUT2D eigenvalue weighted by atomic mass is 10.2. The van der Waals surface area contributed by atoms with Crippen LogP contribution in [0.15, 0.2) is 46.1 Å². The van der Waals surface area contributed by atoms with Gasteiger partial charge in [-0.25, -0.2) is 14.2 Å². The second-order valence-corrected chi connectivity index (χ2v) is 7.70. The molecule has 32 heavy (non-hydrogen) atoms. The lowest BCUT2D eigenvalue weighted by Gasteiger charge is -2.18. The molecule has 0 aliphatic rings.